The fourth-order valence-corrected chi connectivity index (χ4v) is 1.83. The number of hydrogen-bond donors (Lipinski definition) is 2. The molecule has 0 radical (unpaired) electrons. The van der Waals surface area contributed by atoms with Gasteiger partial charge in [0.05, 0.1) is 11.1 Å². The first-order chi connectivity index (χ1) is 8.12. The van der Waals surface area contributed by atoms with Crippen molar-refractivity contribution >= 4 is 24.2 Å². The van der Waals surface area contributed by atoms with Crippen LogP contribution < -0.4 is 10.2 Å². The van der Waals surface area contributed by atoms with Crippen molar-refractivity contribution in [3.8, 4) is 5.75 Å². The summed E-state index contributed by atoms with van der Waals surface area (Å²) in [6, 6.07) is 3.56. The highest BCUT2D eigenvalue weighted by Crippen LogP contribution is 2.31. The van der Waals surface area contributed by atoms with Crippen LogP contribution in [0.15, 0.2) is 12.1 Å². The van der Waals surface area contributed by atoms with E-state index in [2.05, 4.69) is 0 Å². The number of ether oxygens (including phenoxy) is 1. The van der Waals surface area contributed by atoms with Crippen LogP contribution in [0.2, 0.25) is 5.02 Å². The first kappa shape index (κ1) is 15.4. The minimum Gasteiger partial charge on any atom is -0.489 e. The minimum atomic E-state index is -1.60. The van der Waals surface area contributed by atoms with Gasteiger partial charge < -0.3 is 14.8 Å². The maximum Gasteiger partial charge on any atom is 0.490 e. The number of halogens is 1. The molecular weight excluding hydrogens is 250 g/mol. The Morgan fingerprint density at radius 3 is 2.17 bits per heavy atom. The molecule has 0 saturated carbocycles. The second kappa shape index (κ2) is 5.51. The molecule has 2 N–H and O–H groups in total. The molecular formula is C13H20BClO3. The Balaban J connectivity index is 3.37. The molecule has 1 aromatic rings. The van der Waals surface area contributed by atoms with Gasteiger partial charge in [-0.2, -0.15) is 0 Å². The van der Waals surface area contributed by atoms with E-state index in [1.165, 1.54) is 0 Å². The van der Waals surface area contributed by atoms with Gasteiger partial charge in [0.1, 0.15) is 5.75 Å². The van der Waals surface area contributed by atoms with Gasteiger partial charge in [0.25, 0.3) is 0 Å². The average molecular weight is 271 g/mol. The predicted molar refractivity (Wildman–Crippen MR) is 75.7 cm³/mol. The van der Waals surface area contributed by atoms with E-state index in [1.807, 2.05) is 40.7 Å². The number of hydrogen-bond acceptors (Lipinski definition) is 3. The third-order valence-corrected chi connectivity index (χ3v) is 2.98. The van der Waals surface area contributed by atoms with Crippen LogP contribution in [0.25, 0.3) is 0 Å². The maximum atomic E-state index is 9.37. The third-order valence-electron chi connectivity index (χ3n) is 2.57. The van der Waals surface area contributed by atoms with Crippen molar-refractivity contribution in [1.82, 2.24) is 0 Å². The molecule has 3 nitrogen and oxygen atoms in total. The lowest BCUT2D eigenvalue weighted by Gasteiger charge is -2.23. The molecule has 18 heavy (non-hydrogen) atoms. The minimum absolute atomic E-state index is 0.0265. The van der Waals surface area contributed by atoms with Gasteiger partial charge in [-0.05, 0) is 30.9 Å². The summed E-state index contributed by atoms with van der Waals surface area (Å²) < 4.78 is 5.62. The number of benzene rings is 1. The molecule has 0 unspecified atom stereocenters. The van der Waals surface area contributed by atoms with Crippen molar-refractivity contribution in [2.24, 2.45) is 0 Å². The predicted octanol–water partition coefficient (Wildman–Crippen LogP) is 2.10. The van der Waals surface area contributed by atoms with Crippen molar-refractivity contribution in [1.29, 1.82) is 0 Å². The van der Waals surface area contributed by atoms with E-state index in [0.29, 0.717) is 5.75 Å². The van der Waals surface area contributed by atoms with E-state index in [9.17, 15) is 10.0 Å². The molecule has 0 fully saturated rings. The Labute approximate surface area is 114 Å². The third kappa shape index (κ3) is 3.64. The fraction of sp³-hybridized carbons (Fsp3) is 0.538. The summed E-state index contributed by atoms with van der Waals surface area (Å²) in [7, 11) is -1.60. The molecule has 0 aliphatic heterocycles. The lowest BCUT2D eigenvalue weighted by molar-refractivity contribution is 0.242. The molecule has 100 valence electrons. The lowest BCUT2D eigenvalue weighted by Crippen LogP contribution is -2.33. The van der Waals surface area contributed by atoms with E-state index in [-0.39, 0.29) is 22.0 Å². The van der Waals surface area contributed by atoms with Crippen LogP contribution >= 0.6 is 11.6 Å². The zero-order valence-corrected chi connectivity index (χ0v) is 12.2. The molecule has 0 bridgehead atoms. The van der Waals surface area contributed by atoms with E-state index < -0.39 is 7.12 Å². The largest absolute Gasteiger partial charge is 0.490 e. The van der Waals surface area contributed by atoms with E-state index in [1.54, 1.807) is 6.07 Å². The van der Waals surface area contributed by atoms with E-state index in [4.69, 9.17) is 16.3 Å². The van der Waals surface area contributed by atoms with Gasteiger partial charge in [0.2, 0.25) is 0 Å². The Kier molecular flexibility index (Phi) is 4.70. The Bertz CT molecular complexity index is 425. The summed E-state index contributed by atoms with van der Waals surface area (Å²) in [6.45, 7) is 9.93. The maximum absolute atomic E-state index is 9.37. The Hall–Kier alpha value is -0.705. The quantitative estimate of drug-likeness (QED) is 0.827. The fourth-order valence-electron chi connectivity index (χ4n) is 1.58. The van der Waals surface area contributed by atoms with Crippen molar-refractivity contribution in [3.63, 3.8) is 0 Å². The van der Waals surface area contributed by atoms with Gasteiger partial charge in [0, 0.05) is 5.46 Å². The molecule has 0 aromatic heterocycles. The number of rotatable bonds is 3. The average Bonchev–Trinajstić information content (AvgIpc) is 2.18. The Morgan fingerprint density at radius 2 is 1.78 bits per heavy atom. The van der Waals surface area contributed by atoms with Gasteiger partial charge in [-0.3, -0.25) is 0 Å². The summed E-state index contributed by atoms with van der Waals surface area (Å²) in [5.74, 6) is 0.488. The van der Waals surface area contributed by atoms with Crippen LogP contribution in [-0.2, 0) is 5.41 Å². The van der Waals surface area contributed by atoms with Crippen molar-refractivity contribution in [2.75, 3.05) is 0 Å². The van der Waals surface area contributed by atoms with Gasteiger partial charge in [0.15, 0.2) is 0 Å². The van der Waals surface area contributed by atoms with Crippen LogP contribution in [0.3, 0.4) is 0 Å². The van der Waals surface area contributed by atoms with Gasteiger partial charge >= 0.3 is 7.12 Å². The molecule has 1 rings (SSSR count). The SMILES string of the molecule is CC(C)Oc1cc(C(C)(C)C)cc(B(O)O)c1Cl. The second-order valence-corrected chi connectivity index (χ2v) is 6.05. The molecule has 0 aliphatic rings. The molecule has 0 aliphatic carbocycles. The summed E-state index contributed by atoms with van der Waals surface area (Å²) >= 11 is 6.12. The Morgan fingerprint density at radius 1 is 1.22 bits per heavy atom. The molecule has 0 atom stereocenters. The first-order valence-corrected chi connectivity index (χ1v) is 6.37. The van der Waals surface area contributed by atoms with E-state index in [0.717, 1.165) is 5.56 Å². The smallest absolute Gasteiger partial charge is 0.489 e. The molecule has 0 amide bonds. The zero-order chi connectivity index (χ0) is 14.1. The van der Waals surface area contributed by atoms with Crippen molar-refractivity contribution < 1.29 is 14.8 Å². The molecule has 0 spiro atoms. The topological polar surface area (TPSA) is 49.7 Å². The molecule has 5 heteroatoms. The summed E-state index contributed by atoms with van der Waals surface area (Å²) in [5, 5.41) is 19.0. The molecule has 1 aromatic carbocycles. The summed E-state index contributed by atoms with van der Waals surface area (Å²) in [5.41, 5.74) is 1.11. The van der Waals surface area contributed by atoms with Gasteiger partial charge in [-0.1, -0.05) is 38.4 Å². The summed E-state index contributed by atoms with van der Waals surface area (Å²) in [6.07, 6.45) is -0.0265. The van der Waals surface area contributed by atoms with Crippen LogP contribution in [0.5, 0.6) is 5.75 Å². The standard InChI is InChI=1S/C13H20BClO3/c1-8(2)18-11-7-9(13(3,4)5)6-10(12(11)15)14(16)17/h6-8,16-17H,1-5H3. The zero-order valence-electron chi connectivity index (χ0n) is 11.5. The highest BCUT2D eigenvalue weighted by molar-refractivity contribution is 6.63. The van der Waals surface area contributed by atoms with Crippen LogP contribution in [-0.4, -0.2) is 23.3 Å². The van der Waals surface area contributed by atoms with Crippen LogP contribution in [0.1, 0.15) is 40.2 Å². The van der Waals surface area contributed by atoms with Crippen molar-refractivity contribution in [3.05, 3.63) is 22.7 Å². The highest BCUT2D eigenvalue weighted by Gasteiger charge is 2.24. The highest BCUT2D eigenvalue weighted by atomic mass is 35.5. The van der Waals surface area contributed by atoms with Gasteiger partial charge in [-0.15, -0.1) is 0 Å². The van der Waals surface area contributed by atoms with Crippen LogP contribution in [0.4, 0.5) is 0 Å². The molecule has 0 saturated heterocycles. The summed E-state index contributed by atoms with van der Waals surface area (Å²) in [4.78, 5) is 0. The van der Waals surface area contributed by atoms with Crippen LogP contribution in [0, 0.1) is 0 Å². The van der Waals surface area contributed by atoms with Crippen molar-refractivity contribution in [2.45, 2.75) is 46.1 Å². The molecule has 0 heterocycles. The van der Waals surface area contributed by atoms with Gasteiger partial charge in [-0.25, -0.2) is 0 Å². The lowest BCUT2D eigenvalue weighted by atomic mass is 9.76. The monoisotopic (exact) mass is 270 g/mol. The normalized spacial score (nSPS) is 11.8. The first-order valence-electron chi connectivity index (χ1n) is 5.99. The second-order valence-electron chi connectivity index (χ2n) is 5.67. The van der Waals surface area contributed by atoms with E-state index >= 15 is 0 Å².